The van der Waals surface area contributed by atoms with Crippen molar-refractivity contribution in [3.8, 4) is 11.5 Å². The van der Waals surface area contributed by atoms with Gasteiger partial charge in [0.2, 0.25) is 5.82 Å². The molecule has 0 aliphatic carbocycles. The van der Waals surface area contributed by atoms with Gasteiger partial charge in [0.05, 0.1) is 13.2 Å². The van der Waals surface area contributed by atoms with Crippen molar-refractivity contribution >= 4 is 11.4 Å². The number of halogens is 1. The second-order valence-electron chi connectivity index (χ2n) is 11.0. The molecule has 0 saturated carbocycles. The van der Waals surface area contributed by atoms with Gasteiger partial charge in [0, 0.05) is 66.9 Å². The third kappa shape index (κ3) is 9.84. The summed E-state index contributed by atoms with van der Waals surface area (Å²) in [7, 11) is 0. The molecule has 1 aromatic carbocycles. The Morgan fingerprint density at radius 2 is 1.31 bits per heavy atom. The molecule has 9 heteroatoms. The Kier molecular flexibility index (Phi) is 12.2. The molecule has 228 valence electrons. The Hall–Kier alpha value is -3.43. The summed E-state index contributed by atoms with van der Waals surface area (Å²) in [6.07, 6.45) is 8.26. The number of piperidine rings is 2. The molecular weight excluding hydrogens is 531 g/mol. The minimum Gasteiger partial charge on any atom is -0.491 e. The van der Waals surface area contributed by atoms with E-state index in [1.165, 1.54) is 18.5 Å². The van der Waals surface area contributed by atoms with Crippen LogP contribution in [0.1, 0.15) is 56.5 Å². The number of nitrogens with zero attached hydrogens (tertiary/aromatic N) is 3. The fraction of sp³-hybridized carbons (Fsp3) is 0.515. The van der Waals surface area contributed by atoms with Gasteiger partial charge in [-0.2, -0.15) is 4.39 Å². The lowest BCUT2D eigenvalue weighted by atomic mass is 10.0. The van der Waals surface area contributed by atoms with E-state index in [1.807, 2.05) is 52.2 Å². The molecule has 0 radical (unpaired) electrons. The SMILES string of the molecule is CCOc1cc(CN2CCC(Nc3ccnc(C)c3)CC2)cc(OCC)c1F.Cc1cc(NC2CCNCC2)ccn1. The average molecular weight is 579 g/mol. The zero-order valence-electron chi connectivity index (χ0n) is 25.6. The van der Waals surface area contributed by atoms with Crippen molar-refractivity contribution in [2.45, 2.75) is 72.0 Å². The van der Waals surface area contributed by atoms with Crippen LogP contribution >= 0.6 is 0 Å². The van der Waals surface area contributed by atoms with Crippen molar-refractivity contribution < 1.29 is 13.9 Å². The topological polar surface area (TPSA) is 83.6 Å². The van der Waals surface area contributed by atoms with Gasteiger partial charge in [-0.3, -0.25) is 14.9 Å². The molecule has 0 atom stereocenters. The Bertz CT molecular complexity index is 1220. The average Bonchev–Trinajstić information content (AvgIpc) is 2.98. The monoisotopic (exact) mass is 578 g/mol. The highest BCUT2D eigenvalue weighted by Gasteiger charge is 2.21. The fourth-order valence-electron chi connectivity index (χ4n) is 5.44. The largest absolute Gasteiger partial charge is 0.491 e. The number of pyridine rings is 2. The summed E-state index contributed by atoms with van der Waals surface area (Å²) in [5, 5.41) is 10.5. The first-order chi connectivity index (χ1) is 20.4. The summed E-state index contributed by atoms with van der Waals surface area (Å²) in [5.74, 6) is 0.129. The summed E-state index contributed by atoms with van der Waals surface area (Å²) in [6, 6.07) is 12.9. The van der Waals surface area contributed by atoms with E-state index in [9.17, 15) is 4.39 Å². The van der Waals surface area contributed by atoms with Crippen LogP contribution in [-0.4, -0.2) is 66.3 Å². The van der Waals surface area contributed by atoms with Crippen molar-refractivity contribution in [2.24, 2.45) is 0 Å². The zero-order valence-corrected chi connectivity index (χ0v) is 25.6. The highest BCUT2D eigenvalue weighted by Crippen LogP contribution is 2.30. The molecule has 2 aliphatic rings. The minimum atomic E-state index is -0.414. The van der Waals surface area contributed by atoms with E-state index >= 15 is 0 Å². The maximum absolute atomic E-state index is 14.4. The molecule has 0 bridgehead atoms. The Labute approximate surface area is 250 Å². The molecule has 42 heavy (non-hydrogen) atoms. The molecule has 5 rings (SSSR count). The second-order valence-corrected chi connectivity index (χ2v) is 11.0. The van der Waals surface area contributed by atoms with Crippen LogP contribution in [0.2, 0.25) is 0 Å². The Morgan fingerprint density at radius 3 is 1.79 bits per heavy atom. The van der Waals surface area contributed by atoms with Crippen molar-refractivity contribution in [1.82, 2.24) is 20.2 Å². The molecule has 0 unspecified atom stereocenters. The van der Waals surface area contributed by atoms with E-state index in [4.69, 9.17) is 9.47 Å². The first kappa shape index (κ1) is 31.5. The van der Waals surface area contributed by atoms with Gasteiger partial charge in [0.1, 0.15) is 0 Å². The van der Waals surface area contributed by atoms with Gasteiger partial charge in [-0.05, 0) is 108 Å². The molecular formula is C33H47FN6O2. The van der Waals surface area contributed by atoms with Crippen LogP contribution in [-0.2, 0) is 6.54 Å². The molecule has 3 N–H and O–H groups in total. The van der Waals surface area contributed by atoms with Crippen LogP contribution in [0.25, 0.3) is 0 Å². The van der Waals surface area contributed by atoms with Crippen LogP contribution < -0.4 is 25.4 Å². The van der Waals surface area contributed by atoms with E-state index in [2.05, 4.69) is 43.0 Å². The number of likely N-dealkylation sites (tertiary alicyclic amines) is 1. The van der Waals surface area contributed by atoms with Crippen LogP contribution in [0.3, 0.4) is 0 Å². The minimum absolute atomic E-state index is 0.271. The van der Waals surface area contributed by atoms with Crippen LogP contribution in [0, 0.1) is 19.7 Å². The van der Waals surface area contributed by atoms with E-state index in [0.717, 1.165) is 68.2 Å². The molecule has 4 heterocycles. The quantitative estimate of drug-likeness (QED) is 0.272. The van der Waals surface area contributed by atoms with Gasteiger partial charge >= 0.3 is 0 Å². The zero-order chi connectivity index (χ0) is 29.7. The molecule has 2 aromatic heterocycles. The van der Waals surface area contributed by atoms with Gasteiger partial charge in [-0.25, -0.2) is 0 Å². The van der Waals surface area contributed by atoms with Crippen molar-refractivity contribution in [1.29, 1.82) is 0 Å². The lowest BCUT2D eigenvalue weighted by Crippen LogP contribution is -2.38. The van der Waals surface area contributed by atoms with Gasteiger partial charge in [0.15, 0.2) is 11.5 Å². The number of hydrogen-bond donors (Lipinski definition) is 3. The van der Waals surface area contributed by atoms with Crippen LogP contribution in [0.5, 0.6) is 11.5 Å². The van der Waals surface area contributed by atoms with E-state index < -0.39 is 5.82 Å². The Balaban J connectivity index is 0.000000241. The smallest absolute Gasteiger partial charge is 0.206 e. The number of nitrogens with one attached hydrogen (secondary N) is 3. The standard InChI is InChI=1S/C22H30FN3O2.C11H17N3/c1-4-27-20-13-17(14-21(22(20)23)28-5-2)15-26-10-7-18(8-11-26)25-19-6-9-24-16(3)12-19;1-9-8-11(4-7-13-9)14-10-2-5-12-6-3-10/h6,9,12-14,18H,4-5,7-8,10-11,15H2,1-3H3,(H,24,25);4,7-8,10,12H,2-3,5-6H2,1H3,(H,13,14). The summed E-state index contributed by atoms with van der Waals surface area (Å²) in [4.78, 5) is 10.8. The third-order valence-electron chi connectivity index (χ3n) is 7.53. The predicted molar refractivity (Wildman–Crippen MR) is 168 cm³/mol. The molecule has 8 nitrogen and oxygen atoms in total. The molecule has 0 amide bonds. The highest BCUT2D eigenvalue weighted by molar-refractivity contribution is 5.45. The number of aryl methyl sites for hydroxylation is 2. The lowest BCUT2D eigenvalue weighted by Gasteiger charge is -2.33. The second kappa shape index (κ2) is 16.3. The Morgan fingerprint density at radius 1 is 0.810 bits per heavy atom. The van der Waals surface area contributed by atoms with Crippen LogP contribution in [0.15, 0.2) is 48.8 Å². The van der Waals surface area contributed by atoms with Crippen molar-refractivity contribution in [2.75, 3.05) is 50.0 Å². The molecule has 2 aliphatic heterocycles. The predicted octanol–water partition coefficient (Wildman–Crippen LogP) is 5.96. The summed E-state index contributed by atoms with van der Waals surface area (Å²) in [6.45, 7) is 13.6. The highest BCUT2D eigenvalue weighted by atomic mass is 19.1. The first-order valence-electron chi connectivity index (χ1n) is 15.3. The molecule has 3 aromatic rings. The molecule has 2 fully saturated rings. The number of ether oxygens (including phenoxy) is 2. The first-order valence-corrected chi connectivity index (χ1v) is 15.3. The van der Waals surface area contributed by atoms with Crippen molar-refractivity contribution in [3.63, 3.8) is 0 Å². The number of hydrogen-bond acceptors (Lipinski definition) is 8. The number of aromatic nitrogens is 2. The maximum atomic E-state index is 14.4. The van der Waals surface area contributed by atoms with Gasteiger partial charge in [0.25, 0.3) is 0 Å². The van der Waals surface area contributed by atoms with Crippen LogP contribution in [0.4, 0.5) is 15.8 Å². The van der Waals surface area contributed by atoms with Crippen molar-refractivity contribution in [3.05, 3.63) is 71.6 Å². The normalized spacial score (nSPS) is 16.3. The number of benzene rings is 1. The van der Waals surface area contributed by atoms with E-state index in [1.54, 1.807) is 12.1 Å². The molecule has 2 saturated heterocycles. The number of anilines is 2. The van der Waals surface area contributed by atoms with E-state index in [-0.39, 0.29) is 11.5 Å². The summed E-state index contributed by atoms with van der Waals surface area (Å²) < 4.78 is 25.3. The van der Waals surface area contributed by atoms with Gasteiger partial charge < -0.3 is 25.4 Å². The maximum Gasteiger partial charge on any atom is 0.206 e. The van der Waals surface area contributed by atoms with Gasteiger partial charge in [-0.15, -0.1) is 0 Å². The summed E-state index contributed by atoms with van der Waals surface area (Å²) >= 11 is 0. The summed E-state index contributed by atoms with van der Waals surface area (Å²) in [5.41, 5.74) is 5.44. The van der Waals surface area contributed by atoms with E-state index in [0.29, 0.717) is 25.3 Å². The third-order valence-corrected chi connectivity index (χ3v) is 7.53. The number of rotatable bonds is 10. The van der Waals surface area contributed by atoms with Gasteiger partial charge in [-0.1, -0.05) is 0 Å². The lowest BCUT2D eigenvalue weighted by molar-refractivity contribution is 0.210. The fourth-order valence-corrected chi connectivity index (χ4v) is 5.44. The molecule has 0 spiro atoms.